The van der Waals surface area contributed by atoms with Gasteiger partial charge in [0.15, 0.2) is 5.13 Å². The monoisotopic (exact) mass is 311 g/mol. The number of phenols is 1. The molecule has 0 atom stereocenters. The van der Waals surface area contributed by atoms with Gasteiger partial charge in [-0.05, 0) is 29.8 Å². The number of aromatic hydroxyl groups is 1. The summed E-state index contributed by atoms with van der Waals surface area (Å²) in [4.78, 5) is 20.4. The van der Waals surface area contributed by atoms with E-state index < -0.39 is 0 Å². The molecule has 0 aliphatic rings. The van der Waals surface area contributed by atoms with Gasteiger partial charge in [0.1, 0.15) is 5.75 Å². The molecule has 0 spiro atoms. The van der Waals surface area contributed by atoms with Crippen molar-refractivity contribution in [1.29, 1.82) is 0 Å². The minimum Gasteiger partial charge on any atom is -0.508 e. The maximum Gasteiger partial charge on any atom is 0.230 e. The minimum absolute atomic E-state index is 0.138. The predicted molar refractivity (Wildman–Crippen MR) is 85.8 cm³/mol. The number of carbonyl (C=O) groups excluding carboxylic acids is 1. The van der Waals surface area contributed by atoms with Gasteiger partial charge in [-0.3, -0.25) is 9.78 Å². The number of phenolic OH excluding ortho intramolecular Hbond substituents is 1. The van der Waals surface area contributed by atoms with Crippen molar-refractivity contribution in [1.82, 2.24) is 9.97 Å². The van der Waals surface area contributed by atoms with E-state index in [0.717, 1.165) is 16.8 Å². The van der Waals surface area contributed by atoms with E-state index in [2.05, 4.69) is 15.3 Å². The Bertz CT molecular complexity index is 770. The van der Waals surface area contributed by atoms with Crippen molar-refractivity contribution in [2.24, 2.45) is 0 Å². The van der Waals surface area contributed by atoms with Gasteiger partial charge >= 0.3 is 0 Å². The zero-order chi connectivity index (χ0) is 15.4. The Morgan fingerprint density at radius 2 is 1.86 bits per heavy atom. The molecular formula is C16H13N3O2S. The van der Waals surface area contributed by atoms with Gasteiger partial charge in [-0.25, -0.2) is 4.98 Å². The Kier molecular flexibility index (Phi) is 4.11. The van der Waals surface area contributed by atoms with E-state index in [0.29, 0.717) is 5.13 Å². The molecule has 3 rings (SSSR count). The molecule has 6 heteroatoms. The van der Waals surface area contributed by atoms with Crippen LogP contribution in [0.15, 0.2) is 54.2 Å². The molecule has 0 aliphatic heterocycles. The zero-order valence-corrected chi connectivity index (χ0v) is 12.4. The Morgan fingerprint density at radius 1 is 1.14 bits per heavy atom. The van der Waals surface area contributed by atoms with Crippen molar-refractivity contribution in [3.05, 3.63) is 59.7 Å². The zero-order valence-electron chi connectivity index (χ0n) is 11.6. The maximum atomic E-state index is 12.0. The lowest BCUT2D eigenvalue weighted by molar-refractivity contribution is -0.115. The topological polar surface area (TPSA) is 75.1 Å². The van der Waals surface area contributed by atoms with Gasteiger partial charge in [0.25, 0.3) is 0 Å². The molecule has 0 radical (unpaired) electrons. The quantitative estimate of drug-likeness (QED) is 0.776. The van der Waals surface area contributed by atoms with E-state index in [4.69, 9.17) is 0 Å². The van der Waals surface area contributed by atoms with Gasteiger partial charge in [0.05, 0.1) is 12.1 Å². The normalized spacial score (nSPS) is 10.4. The van der Waals surface area contributed by atoms with Crippen LogP contribution in [-0.4, -0.2) is 21.0 Å². The van der Waals surface area contributed by atoms with Gasteiger partial charge in [-0.15, -0.1) is 11.3 Å². The number of nitrogens with zero attached hydrogens (tertiary/aromatic N) is 2. The van der Waals surface area contributed by atoms with Crippen LogP contribution in [0.3, 0.4) is 0 Å². The summed E-state index contributed by atoms with van der Waals surface area (Å²) in [5.74, 6) is 0.0485. The summed E-state index contributed by atoms with van der Waals surface area (Å²) < 4.78 is 0. The van der Waals surface area contributed by atoms with Crippen LogP contribution in [0.2, 0.25) is 0 Å². The minimum atomic E-state index is -0.138. The number of benzene rings is 1. The number of hydrogen-bond acceptors (Lipinski definition) is 5. The molecular weight excluding hydrogens is 298 g/mol. The molecule has 0 aliphatic carbocycles. The number of hydrogen-bond donors (Lipinski definition) is 2. The Labute approximate surface area is 131 Å². The summed E-state index contributed by atoms with van der Waals surface area (Å²) in [5, 5.41) is 14.5. The predicted octanol–water partition coefficient (Wildman–Crippen LogP) is 3.09. The highest BCUT2D eigenvalue weighted by atomic mass is 32.1. The smallest absolute Gasteiger partial charge is 0.230 e. The molecule has 22 heavy (non-hydrogen) atoms. The van der Waals surface area contributed by atoms with Crippen molar-refractivity contribution in [2.45, 2.75) is 6.42 Å². The first-order valence-electron chi connectivity index (χ1n) is 6.64. The first kappa shape index (κ1) is 14.2. The molecule has 5 nitrogen and oxygen atoms in total. The van der Waals surface area contributed by atoms with Gasteiger partial charge in [0, 0.05) is 23.3 Å². The largest absolute Gasteiger partial charge is 0.508 e. The number of anilines is 1. The molecule has 0 unspecified atom stereocenters. The van der Waals surface area contributed by atoms with E-state index in [9.17, 15) is 9.90 Å². The number of aromatic nitrogens is 2. The SMILES string of the molecule is O=C(Cc1ccc(O)cc1)Nc1nc(-c2ccncc2)cs1. The van der Waals surface area contributed by atoms with Crippen LogP contribution in [-0.2, 0) is 11.2 Å². The van der Waals surface area contributed by atoms with Crippen molar-refractivity contribution in [2.75, 3.05) is 5.32 Å². The lowest BCUT2D eigenvalue weighted by Crippen LogP contribution is -2.14. The molecule has 110 valence electrons. The van der Waals surface area contributed by atoms with E-state index in [1.807, 2.05) is 17.5 Å². The molecule has 3 aromatic rings. The average molecular weight is 311 g/mol. The van der Waals surface area contributed by atoms with Gasteiger partial charge in [0.2, 0.25) is 5.91 Å². The van der Waals surface area contributed by atoms with E-state index >= 15 is 0 Å². The molecule has 2 N–H and O–H groups in total. The third kappa shape index (κ3) is 3.48. The fourth-order valence-electron chi connectivity index (χ4n) is 1.95. The Morgan fingerprint density at radius 3 is 2.59 bits per heavy atom. The second-order valence-electron chi connectivity index (χ2n) is 4.67. The number of carbonyl (C=O) groups is 1. The van der Waals surface area contributed by atoms with Crippen LogP contribution in [0.5, 0.6) is 5.75 Å². The molecule has 0 fully saturated rings. The van der Waals surface area contributed by atoms with Crippen LogP contribution < -0.4 is 5.32 Å². The summed E-state index contributed by atoms with van der Waals surface area (Å²) >= 11 is 1.38. The van der Waals surface area contributed by atoms with Crippen molar-refractivity contribution in [3.8, 4) is 17.0 Å². The fraction of sp³-hybridized carbons (Fsp3) is 0.0625. The number of rotatable bonds is 4. The van der Waals surface area contributed by atoms with E-state index in [-0.39, 0.29) is 18.1 Å². The van der Waals surface area contributed by atoms with Crippen LogP contribution in [0, 0.1) is 0 Å². The van der Waals surface area contributed by atoms with E-state index in [1.165, 1.54) is 11.3 Å². The third-order valence-corrected chi connectivity index (χ3v) is 3.79. The number of nitrogens with one attached hydrogen (secondary N) is 1. The number of amides is 1. The van der Waals surface area contributed by atoms with Crippen LogP contribution in [0.25, 0.3) is 11.3 Å². The first-order valence-corrected chi connectivity index (χ1v) is 7.52. The Balaban J connectivity index is 1.65. The van der Waals surface area contributed by atoms with Crippen LogP contribution in [0.1, 0.15) is 5.56 Å². The third-order valence-electron chi connectivity index (χ3n) is 3.03. The van der Waals surface area contributed by atoms with E-state index in [1.54, 1.807) is 36.7 Å². The maximum absolute atomic E-state index is 12.0. The summed E-state index contributed by atoms with van der Waals surface area (Å²) in [6, 6.07) is 10.3. The van der Waals surface area contributed by atoms with Crippen molar-refractivity contribution < 1.29 is 9.90 Å². The second kappa shape index (κ2) is 6.36. The lowest BCUT2D eigenvalue weighted by atomic mass is 10.1. The van der Waals surface area contributed by atoms with Gasteiger partial charge in [-0.1, -0.05) is 12.1 Å². The van der Waals surface area contributed by atoms with Crippen LogP contribution >= 0.6 is 11.3 Å². The molecule has 1 aromatic carbocycles. The average Bonchev–Trinajstić information content (AvgIpc) is 2.99. The summed E-state index contributed by atoms with van der Waals surface area (Å²) in [7, 11) is 0. The molecule has 0 saturated carbocycles. The number of pyridine rings is 1. The Hall–Kier alpha value is -2.73. The summed E-state index contributed by atoms with van der Waals surface area (Å²) in [5.41, 5.74) is 2.61. The first-order chi connectivity index (χ1) is 10.7. The highest BCUT2D eigenvalue weighted by molar-refractivity contribution is 7.14. The highest BCUT2D eigenvalue weighted by Crippen LogP contribution is 2.24. The van der Waals surface area contributed by atoms with Crippen molar-refractivity contribution in [3.63, 3.8) is 0 Å². The molecule has 2 heterocycles. The van der Waals surface area contributed by atoms with Gasteiger partial charge in [-0.2, -0.15) is 0 Å². The number of thiazole rings is 1. The fourth-order valence-corrected chi connectivity index (χ4v) is 2.68. The summed E-state index contributed by atoms with van der Waals surface area (Å²) in [6.45, 7) is 0. The second-order valence-corrected chi connectivity index (χ2v) is 5.52. The summed E-state index contributed by atoms with van der Waals surface area (Å²) in [6.07, 6.45) is 3.65. The van der Waals surface area contributed by atoms with Gasteiger partial charge < -0.3 is 10.4 Å². The standard InChI is InChI=1S/C16H13N3O2S/c20-13-3-1-11(2-4-13)9-15(21)19-16-18-14(10-22-16)12-5-7-17-8-6-12/h1-8,10,20H,9H2,(H,18,19,21). The molecule has 1 amide bonds. The lowest BCUT2D eigenvalue weighted by Gasteiger charge is -2.02. The molecule has 0 bridgehead atoms. The molecule has 2 aromatic heterocycles. The highest BCUT2D eigenvalue weighted by Gasteiger charge is 2.08. The van der Waals surface area contributed by atoms with Crippen molar-refractivity contribution >= 4 is 22.4 Å². The molecule has 0 saturated heterocycles. The van der Waals surface area contributed by atoms with Crippen LogP contribution in [0.4, 0.5) is 5.13 Å².